The summed E-state index contributed by atoms with van der Waals surface area (Å²) < 4.78 is 0. The van der Waals surface area contributed by atoms with Crippen molar-refractivity contribution in [1.29, 1.82) is 10.8 Å². The smallest absolute Gasteiger partial charge is 0.0633 e. The van der Waals surface area contributed by atoms with Crippen molar-refractivity contribution in [1.82, 2.24) is 5.32 Å². The summed E-state index contributed by atoms with van der Waals surface area (Å²) in [4.78, 5) is 0. The molecular weight excluding hydrogens is 498 g/mol. The van der Waals surface area contributed by atoms with Crippen molar-refractivity contribution >= 4 is 17.0 Å². The summed E-state index contributed by atoms with van der Waals surface area (Å²) in [6.07, 6.45) is 15.4. The third-order valence-corrected chi connectivity index (χ3v) is 7.24. The maximum absolute atomic E-state index is 9.10. The van der Waals surface area contributed by atoms with E-state index in [0.717, 1.165) is 55.8 Å². The molecule has 4 aromatic carbocycles. The number of benzene rings is 4. The van der Waals surface area contributed by atoms with Gasteiger partial charge in [-0.05, 0) is 57.2 Å². The van der Waals surface area contributed by atoms with Gasteiger partial charge < -0.3 is 16.1 Å². The van der Waals surface area contributed by atoms with Gasteiger partial charge in [-0.2, -0.15) is 0 Å². The Labute approximate surface area is 240 Å². The topological polar surface area (TPSA) is 59.7 Å². The van der Waals surface area contributed by atoms with E-state index in [1.54, 1.807) is 6.08 Å². The van der Waals surface area contributed by atoms with E-state index in [9.17, 15) is 0 Å². The first-order chi connectivity index (χ1) is 20.2. The average Bonchev–Trinajstić information content (AvgIpc) is 3.05. The van der Waals surface area contributed by atoms with Gasteiger partial charge in [0.15, 0.2) is 0 Å². The predicted molar refractivity (Wildman–Crippen MR) is 172 cm³/mol. The van der Waals surface area contributed by atoms with Gasteiger partial charge in [-0.1, -0.05) is 133 Å². The molecule has 196 valence electrons. The molecule has 3 heteroatoms. The van der Waals surface area contributed by atoms with Gasteiger partial charge >= 0.3 is 0 Å². The highest BCUT2D eigenvalue weighted by molar-refractivity contribution is 6.14. The van der Waals surface area contributed by atoms with E-state index in [0.29, 0.717) is 11.4 Å². The lowest BCUT2D eigenvalue weighted by molar-refractivity contribution is 1.06. The van der Waals surface area contributed by atoms with Crippen molar-refractivity contribution in [3.8, 4) is 22.3 Å². The summed E-state index contributed by atoms with van der Waals surface area (Å²) in [5.41, 5.74) is 10.8. The molecule has 2 aliphatic rings. The van der Waals surface area contributed by atoms with E-state index in [4.69, 9.17) is 10.8 Å². The molecule has 0 unspecified atom stereocenters. The van der Waals surface area contributed by atoms with Crippen molar-refractivity contribution < 1.29 is 0 Å². The number of dihydropyridines is 1. The van der Waals surface area contributed by atoms with Crippen molar-refractivity contribution in [2.75, 3.05) is 0 Å². The van der Waals surface area contributed by atoms with E-state index >= 15 is 0 Å². The Hall–Kier alpha value is -5.54. The number of rotatable bonds is 6. The quantitative estimate of drug-likeness (QED) is 0.215. The van der Waals surface area contributed by atoms with Crippen LogP contribution in [0.25, 0.3) is 27.8 Å². The normalized spacial score (nSPS) is 16.3. The zero-order valence-electron chi connectivity index (χ0n) is 22.5. The second-order valence-electron chi connectivity index (χ2n) is 9.86. The number of hydrogen-bond acceptors (Lipinski definition) is 3. The molecule has 3 N–H and O–H groups in total. The SMILES string of the molecule is N=C1C=CC=C/C1=C1/NC=CC=C1/C(=C\C(=N)c1ccc(-c2ccccc2)cc1)c1ccc(-c2ccccc2)cc1. The fourth-order valence-electron chi connectivity index (χ4n) is 5.08. The molecule has 0 saturated heterocycles. The monoisotopic (exact) mass is 527 g/mol. The van der Waals surface area contributed by atoms with Crippen LogP contribution in [-0.2, 0) is 0 Å². The van der Waals surface area contributed by atoms with Crippen LogP contribution in [0.4, 0.5) is 0 Å². The Morgan fingerprint density at radius 3 is 1.71 bits per heavy atom. The second-order valence-corrected chi connectivity index (χ2v) is 9.86. The van der Waals surface area contributed by atoms with Crippen LogP contribution in [0.1, 0.15) is 11.1 Å². The standard InChI is InChI=1S/C38H29N3/c39-36-16-8-7-14-34(36)38-33(15-9-25-41-38)35(31-21-17-29(18-22-31)27-10-3-1-4-11-27)26-37(40)32-23-19-30(20-24-32)28-12-5-2-6-13-28/h1-26,39-41H/b35-26-,38-34-,39-36?,40-37?. The molecule has 1 aliphatic heterocycles. The fraction of sp³-hybridized carbons (Fsp3) is 0. The zero-order chi connectivity index (χ0) is 28.0. The Bertz CT molecular complexity index is 1780. The molecular formula is C38H29N3. The molecule has 3 nitrogen and oxygen atoms in total. The molecule has 0 aromatic heterocycles. The minimum absolute atomic E-state index is 0.417. The average molecular weight is 528 g/mol. The Morgan fingerprint density at radius 1 is 0.585 bits per heavy atom. The molecule has 0 amide bonds. The molecule has 0 saturated carbocycles. The first-order valence-corrected chi connectivity index (χ1v) is 13.6. The van der Waals surface area contributed by atoms with Crippen molar-refractivity contribution in [2.24, 2.45) is 0 Å². The number of hydrogen-bond donors (Lipinski definition) is 3. The molecule has 1 heterocycles. The summed E-state index contributed by atoms with van der Waals surface area (Å²) in [6.45, 7) is 0. The highest BCUT2D eigenvalue weighted by Crippen LogP contribution is 2.34. The minimum Gasteiger partial charge on any atom is -0.361 e. The van der Waals surface area contributed by atoms with E-state index in [-0.39, 0.29) is 0 Å². The second kappa shape index (κ2) is 11.7. The molecule has 1 aliphatic carbocycles. The van der Waals surface area contributed by atoms with E-state index in [1.807, 2.05) is 85.1 Å². The lowest BCUT2D eigenvalue weighted by Gasteiger charge is -2.22. The first kappa shape index (κ1) is 25.7. The lowest BCUT2D eigenvalue weighted by atomic mass is 9.87. The molecule has 0 bridgehead atoms. The predicted octanol–water partition coefficient (Wildman–Crippen LogP) is 8.92. The van der Waals surface area contributed by atoms with Gasteiger partial charge in [-0.25, -0.2) is 0 Å². The van der Waals surface area contributed by atoms with Crippen LogP contribution in [0.5, 0.6) is 0 Å². The van der Waals surface area contributed by atoms with Gasteiger partial charge in [0.2, 0.25) is 0 Å². The lowest BCUT2D eigenvalue weighted by Crippen LogP contribution is -2.18. The maximum atomic E-state index is 9.10. The summed E-state index contributed by atoms with van der Waals surface area (Å²) in [7, 11) is 0. The minimum atomic E-state index is 0.417. The van der Waals surface area contributed by atoms with Gasteiger partial charge in [0.25, 0.3) is 0 Å². The van der Waals surface area contributed by atoms with Gasteiger partial charge in [-0.15, -0.1) is 0 Å². The van der Waals surface area contributed by atoms with Crippen LogP contribution in [0, 0.1) is 10.8 Å². The van der Waals surface area contributed by atoms with Crippen molar-refractivity contribution in [2.45, 2.75) is 0 Å². The molecule has 0 radical (unpaired) electrons. The molecule has 41 heavy (non-hydrogen) atoms. The Kier molecular flexibility index (Phi) is 7.33. The summed E-state index contributed by atoms with van der Waals surface area (Å²) in [5, 5.41) is 21.1. The fourth-order valence-corrected chi connectivity index (χ4v) is 5.08. The largest absolute Gasteiger partial charge is 0.361 e. The zero-order valence-corrected chi connectivity index (χ0v) is 22.5. The van der Waals surface area contributed by atoms with Crippen LogP contribution in [0.3, 0.4) is 0 Å². The van der Waals surface area contributed by atoms with Gasteiger partial charge in [-0.3, -0.25) is 0 Å². The first-order valence-electron chi connectivity index (χ1n) is 13.6. The number of allylic oxidation sites excluding steroid dienone is 9. The molecule has 0 spiro atoms. The molecule has 0 atom stereocenters. The van der Waals surface area contributed by atoms with Crippen molar-refractivity contribution in [3.63, 3.8) is 0 Å². The van der Waals surface area contributed by atoms with Crippen LogP contribution in [-0.4, -0.2) is 11.4 Å². The van der Waals surface area contributed by atoms with Crippen LogP contribution in [0.15, 0.2) is 175 Å². The van der Waals surface area contributed by atoms with E-state index < -0.39 is 0 Å². The van der Waals surface area contributed by atoms with Gasteiger partial charge in [0.1, 0.15) is 0 Å². The highest BCUT2D eigenvalue weighted by Gasteiger charge is 2.20. The van der Waals surface area contributed by atoms with Crippen molar-refractivity contribution in [3.05, 3.63) is 186 Å². The summed E-state index contributed by atoms with van der Waals surface area (Å²) in [6, 6.07) is 37.2. The van der Waals surface area contributed by atoms with Crippen LogP contribution < -0.4 is 5.32 Å². The van der Waals surface area contributed by atoms with Gasteiger partial charge in [0.05, 0.1) is 17.1 Å². The molecule has 6 rings (SSSR count). The molecule has 4 aromatic rings. The highest BCUT2D eigenvalue weighted by atomic mass is 14.9. The van der Waals surface area contributed by atoms with Crippen LogP contribution in [0.2, 0.25) is 0 Å². The Balaban J connectivity index is 1.42. The van der Waals surface area contributed by atoms with Gasteiger partial charge in [0, 0.05) is 17.3 Å². The summed E-state index contributed by atoms with van der Waals surface area (Å²) >= 11 is 0. The summed E-state index contributed by atoms with van der Waals surface area (Å²) in [5.74, 6) is 0. The van der Waals surface area contributed by atoms with E-state index in [2.05, 4.69) is 72.1 Å². The van der Waals surface area contributed by atoms with Crippen LogP contribution >= 0.6 is 0 Å². The third-order valence-electron chi connectivity index (χ3n) is 7.24. The third kappa shape index (κ3) is 5.61. The molecule has 0 fully saturated rings. The van der Waals surface area contributed by atoms with E-state index in [1.165, 1.54) is 0 Å². The Morgan fingerprint density at radius 2 is 1.12 bits per heavy atom. The maximum Gasteiger partial charge on any atom is 0.0633 e. The number of nitrogens with one attached hydrogen (secondary N) is 3.